The predicted molar refractivity (Wildman–Crippen MR) is 69.9 cm³/mol. The maximum Gasteiger partial charge on any atom is 0.192 e. The monoisotopic (exact) mass is 240 g/mol. The fourth-order valence-electron chi connectivity index (χ4n) is 1.13. The molecule has 4 heteroatoms. The minimum Gasteiger partial charge on any atom is -0.411 e. The van der Waals surface area contributed by atoms with E-state index in [1.165, 1.54) is 0 Å². The number of aromatic nitrogens is 2. The van der Waals surface area contributed by atoms with E-state index in [-0.39, 0.29) is 5.04 Å². The third-order valence-corrected chi connectivity index (χ3v) is 7.89. The van der Waals surface area contributed by atoms with Gasteiger partial charge in [0, 0.05) is 12.7 Å². The molecule has 1 heterocycles. The molecule has 0 aromatic carbocycles. The Balaban J connectivity index is 2.57. The Kier molecular flexibility index (Phi) is 3.96. The Morgan fingerprint density at radius 2 is 2.00 bits per heavy atom. The van der Waals surface area contributed by atoms with Crippen LogP contribution in [0.4, 0.5) is 0 Å². The van der Waals surface area contributed by atoms with Crippen LogP contribution < -0.4 is 0 Å². The molecule has 3 nitrogen and oxygen atoms in total. The Hall–Kier alpha value is -0.613. The highest BCUT2D eigenvalue weighted by Gasteiger charge is 2.37. The number of nitrogens with zero attached hydrogens (tertiary/aromatic N) is 2. The van der Waals surface area contributed by atoms with Crippen molar-refractivity contribution in [1.29, 1.82) is 0 Å². The summed E-state index contributed by atoms with van der Waals surface area (Å²) in [6, 6.07) is 2.04. The summed E-state index contributed by atoms with van der Waals surface area (Å²) < 4.78 is 8.04. The topological polar surface area (TPSA) is 27.1 Å². The van der Waals surface area contributed by atoms with E-state index in [9.17, 15) is 0 Å². The van der Waals surface area contributed by atoms with E-state index in [0.29, 0.717) is 6.61 Å². The van der Waals surface area contributed by atoms with Crippen LogP contribution in [0.2, 0.25) is 18.1 Å². The lowest BCUT2D eigenvalue weighted by Crippen LogP contribution is -2.40. The molecule has 0 N–H and O–H groups in total. The fraction of sp³-hybridized carbons (Fsp3) is 0.750. The predicted octanol–water partition coefficient (Wildman–Crippen LogP) is 3.42. The third-order valence-electron chi connectivity index (χ3n) is 3.41. The summed E-state index contributed by atoms with van der Waals surface area (Å²) in [4.78, 5) is 0. The van der Waals surface area contributed by atoms with Crippen molar-refractivity contribution in [3.05, 3.63) is 18.0 Å². The van der Waals surface area contributed by atoms with Crippen LogP contribution in [0.1, 0.15) is 33.4 Å². The molecule has 0 aliphatic heterocycles. The van der Waals surface area contributed by atoms with Crippen LogP contribution in [0.5, 0.6) is 0 Å². The van der Waals surface area contributed by atoms with Crippen LogP contribution in [0, 0.1) is 0 Å². The zero-order valence-electron chi connectivity index (χ0n) is 11.4. The first-order chi connectivity index (χ1) is 7.26. The van der Waals surface area contributed by atoms with Gasteiger partial charge in [-0.1, -0.05) is 20.8 Å². The van der Waals surface area contributed by atoms with Gasteiger partial charge in [-0.3, -0.25) is 4.68 Å². The average molecular weight is 240 g/mol. The second kappa shape index (κ2) is 4.71. The van der Waals surface area contributed by atoms with Gasteiger partial charge in [0.25, 0.3) is 0 Å². The molecule has 0 aliphatic carbocycles. The summed E-state index contributed by atoms with van der Waals surface area (Å²) in [5.41, 5.74) is 1.03. The average Bonchev–Trinajstić information content (AvgIpc) is 2.60. The van der Waals surface area contributed by atoms with Crippen molar-refractivity contribution in [2.45, 2.75) is 59.0 Å². The SMILES string of the molecule is CCn1ccc(CO[Si](C)(C)C(C)(C)C)n1. The van der Waals surface area contributed by atoms with Gasteiger partial charge in [-0.25, -0.2) is 0 Å². The summed E-state index contributed by atoms with van der Waals surface area (Å²) in [6.07, 6.45) is 2.00. The quantitative estimate of drug-likeness (QED) is 0.754. The Bertz CT molecular complexity index is 339. The molecule has 0 aliphatic rings. The second-order valence-corrected chi connectivity index (χ2v) is 10.5. The van der Waals surface area contributed by atoms with Gasteiger partial charge in [0.1, 0.15) is 0 Å². The minimum atomic E-state index is -1.64. The molecule has 0 fully saturated rings. The molecule has 0 bridgehead atoms. The Morgan fingerprint density at radius 1 is 1.38 bits per heavy atom. The first-order valence-corrected chi connectivity index (χ1v) is 8.83. The van der Waals surface area contributed by atoms with Gasteiger partial charge < -0.3 is 4.43 Å². The van der Waals surface area contributed by atoms with E-state index in [0.717, 1.165) is 12.2 Å². The molecule has 0 saturated carbocycles. The highest BCUT2D eigenvalue weighted by molar-refractivity contribution is 6.74. The largest absolute Gasteiger partial charge is 0.411 e. The molecule has 0 amide bonds. The van der Waals surface area contributed by atoms with Crippen LogP contribution in [0.3, 0.4) is 0 Å². The van der Waals surface area contributed by atoms with Crippen molar-refractivity contribution in [3.8, 4) is 0 Å². The fourth-order valence-corrected chi connectivity index (χ4v) is 2.07. The number of hydrogen-bond donors (Lipinski definition) is 0. The summed E-state index contributed by atoms with van der Waals surface area (Å²) in [7, 11) is -1.64. The highest BCUT2D eigenvalue weighted by Crippen LogP contribution is 2.36. The van der Waals surface area contributed by atoms with Crippen molar-refractivity contribution >= 4 is 8.32 Å². The lowest BCUT2D eigenvalue weighted by Gasteiger charge is -2.35. The highest BCUT2D eigenvalue weighted by atomic mass is 28.4. The zero-order chi connectivity index (χ0) is 12.4. The molecule has 0 atom stereocenters. The van der Waals surface area contributed by atoms with Crippen molar-refractivity contribution in [3.63, 3.8) is 0 Å². The van der Waals surface area contributed by atoms with Gasteiger partial charge in [-0.05, 0) is 31.1 Å². The van der Waals surface area contributed by atoms with Gasteiger partial charge in [-0.2, -0.15) is 5.10 Å². The zero-order valence-corrected chi connectivity index (χ0v) is 12.4. The number of rotatable bonds is 4. The maximum absolute atomic E-state index is 6.10. The number of hydrogen-bond acceptors (Lipinski definition) is 2. The molecule has 1 aromatic rings. The molecule has 92 valence electrons. The van der Waals surface area contributed by atoms with E-state index in [1.54, 1.807) is 0 Å². The maximum atomic E-state index is 6.10. The first-order valence-electron chi connectivity index (χ1n) is 5.92. The summed E-state index contributed by atoms with van der Waals surface area (Å²) in [6.45, 7) is 14.9. The van der Waals surface area contributed by atoms with Crippen LogP contribution in [-0.2, 0) is 17.6 Å². The molecular formula is C12H24N2OSi. The minimum absolute atomic E-state index is 0.264. The summed E-state index contributed by atoms with van der Waals surface area (Å²) >= 11 is 0. The smallest absolute Gasteiger partial charge is 0.192 e. The molecule has 16 heavy (non-hydrogen) atoms. The van der Waals surface area contributed by atoms with Gasteiger partial charge in [0.05, 0.1) is 12.3 Å². The van der Waals surface area contributed by atoms with Gasteiger partial charge in [0.2, 0.25) is 0 Å². The van der Waals surface area contributed by atoms with Crippen molar-refractivity contribution in [2.24, 2.45) is 0 Å². The van der Waals surface area contributed by atoms with Crippen molar-refractivity contribution in [2.75, 3.05) is 0 Å². The van der Waals surface area contributed by atoms with Crippen molar-refractivity contribution in [1.82, 2.24) is 9.78 Å². The van der Waals surface area contributed by atoms with Crippen LogP contribution in [0.15, 0.2) is 12.3 Å². The molecule has 0 spiro atoms. The van der Waals surface area contributed by atoms with Crippen molar-refractivity contribution < 1.29 is 4.43 Å². The van der Waals surface area contributed by atoms with Gasteiger partial charge >= 0.3 is 0 Å². The van der Waals surface area contributed by atoms with E-state index < -0.39 is 8.32 Å². The molecule has 1 aromatic heterocycles. The Labute approximate surface area is 99.9 Å². The van der Waals surface area contributed by atoms with E-state index >= 15 is 0 Å². The van der Waals surface area contributed by atoms with Crippen LogP contribution >= 0.6 is 0 Å². The van der Waals surface area contributed by atoms with Crippen LogP contribution in [-0.4, -0.2) is 18.1 Å². The molecule has 1 rings (SSSR count). The summed E-state index contributed by atoms with van der Waals surface area (Å²) in [5, 5.41) is 4.69. The number of aryl methyl sites for hydroxylation is 1. The Morgan fingerprint density at radius 3 is 2.44 bits per heavy atom. The molecular weight excluding hydrogens is 216 g/mol. The normalized spacial score (nSPS) is 13.1. The second-order valence-electron chi connectivity index (χ2n) is 5.71. The standard InChI is InChI=1S/C12H24N2OSi/c1-7-14-9-8-11(13-14)10-15-16(5,6)12(2,3)4/h8-9H,7,10H2,1-6H3. The molecule has 0 radical (unpaired) electrons. The van der Waals surface area contributed by atoms with E-state index in [4.69, 9.17) is 4.43 Å². The lowest BCUT2D eigenvalue weighted by atomic mass is 10.2. The van der Waals surface area contributed by atoms with E-state index in [2.05, 4.69) is 45.9 Å². The van der Waals surface area contributed by atoms with Gasteiger partial charge in [-0.15, -0.1) is 0 Å². The molecule has 0 saturated heterocycles. The summed E-state index contributed by atoms with van der Waals surface area (Å²) in [5.74, 6) is 0. The first kappa shape index (κ1) is 13.5. The lowest BCUT2D eigenvalue weighted by molar-refractivity contribution is 0.271. The molecule has 0 unspecified atom stereocenters. The third kappa shape index (κ3) is 3.19. The van der Waals surface area contributed by atoms with E-state index in [1.807, 2.05) is 16.9 Å². The van der Waals surface area contributed by atoms with Gasteiger partial charge in [0.15, 0.2) is 8.32 Å². The van der Waals surface area contributed by atoms with Crippen LogP contribution in [0.25, 0.3) is 0 Å².